The summed E-state index contributed by atoms with van der Waals surface area (Å²) in [7, 11) is 0. The third kappa shape index (κ3) is 4.89. The van der Waals surface area contributed by atoms with Gasteiger partial charge in [-0.05, 0) is 51.8 Å². The molecule has 2 aromatic heterocycles. The number of esters is 2. The van der Waals surface area contributed by atoms with Crippen LogP contribution in [0.1, 0.15) is 72.2 Å². The summed E-state index contributed by atoms with van der Waals surface area (Å²) in [5, 5.41) is 4.34. The van der Waals surface area contributed by atoms with Crippen molar-refractivity contribution in [3.05, 3.63) is 46.1 Å². The van der Waals surface area contributed by atoms with Gasteiger partial charge in [-0.2, -0.15) is 0 Å². The number of carbonyl (C=O) groups is 2. The summed E-state index contributed by atoms with van der Waals surface area (Å²) < 4.78 is 16.8. The van der Waals surface area contributed by atoms with Gasteiger partial charge in [0.1, 0.15) is 16.3 Å². The van der Waals surface area contributed by atoms with Gasteiger partial charge in [-0.25, -0.2) is 14.6 Å². The number of furan rings is 1. The molecule has 1 N–H and O–H groups in total. The number of pyridine rings is 1. The number of hydrogen-bond donors (Lipinski definition) is 1. The molecule has 3 aromatic rings. The zero-order valence-electron chi connectivity index (χ0n) is 19.7. The molecule has 4 rings (SSSR count). The van der Waals surface area contributed by atoms with Gasteiger partial charge in [0, 0.05) is 11.4 Å². The van der Waals surface area contributed by atoms with Crippen LogP contribution < -0.4 is 5.32 Å². The fourth-order valence-electron chi connectivity index (χ4n) is 4.38. The van der Waals surface area contributed by atoms with Crippen molar-refractivity contribution >= 4 is 40.3 Å². The van der Waals surface area contributed by atoms with E-state index in [-0.39, 0.29) is 47.2 Å². The highest BCUT2D eigenvalue weighted by Gasteiger charge is 2.35. The number of hydrogen-bond acceptors (Lipinski definition) is 7. The molecule has 0 aliphatic heterocycles. The Morgan fingerprint density at radius 1 is 1.06 bits per heavy atom. The van der Waals surface area contributed by atoms with Gasteiger partial charge in [0.25, 0.3) is 0 Å². The number of nitrogens with one attached hydrogen (secondary N) is 1. The van der Waals surface area contributed by atoms with Crippen LogP contribution in [-0.4, -0.2) is 36.2 Å². The van der Waals surface area contributed by atoms with E-state index < -0.39 is 11.9 Å². The van der Waals surface area contributed by atoms with Crippen LogP contribution in [0.3, 0.4) is 0 Å². The first kappa shape index (κ1) is 24.1. The van der Waals surface area contributed by atoms with Crippen LogP contribution in [0.5, 0.6) is 0 Å². The predicted molar refractivity (Wildman–Crippen MR) is 132 cm³/mol. The smallest absolute Gasteiger partial charge is 0.344 e. The molecule has 0 radical (unpaired) electrons. The first-order valence-electron chi connectivity index (χ1n) is 11.8. The van der Waals surface area contributed by atoms with E-state index in [2.05, 4.69) is 10.3 Å². The fourth-order valence-corrected chi connectivity index (χ4v) is 4.61. The number of aromatic nitrogens is 1. The van der Waals surface area contributed by atoms with Crippen LogP contribution in [0.4, 0.5) is 5.88 Å². The van der Waals surface area contributed by atoms with Gasteiger partial charge in [0.05, 0.1) is 24.3 Å². The minimum atomic E-state index is -0.679. The van der Waals surface area contributed by atoms with E-state index >= 15 is 0 Å². The van der Waals surface area contributed by atoms with Crippen LogP contribution in [0.15, 0.2) is 28.7 Å². The maximum Gasteiger partial charge on any atom is 0.344 e. The molecule has 1 aliphatic carbocycles. The largest absolute Gasteiger partial charge is 0.462 e. The Kier molecular flexibility index (Phi) is 7.41. The van der Waals surface area contributed by atoms with Crippen molar-refractivity contribution < 1.29 is 23.5 Å². The first-order valence-corrected chi connectivity index (χ1v) is 12.2. The number of carbonyl (C=O) groups excluding carboxylic acids is 2. The van der Waals surface area contributed by atoms with Gasteiger partial charge in [0.2, 0.25) is 5.88 Å². The summed E-state index contributed by atoms with van der Waals surface area (Å²) in [6, 6.07) is 7.76. The lowest BCUT2D eigenvalue weighted by Gasteiger charge is -2.22. The quantitative estimate of drug-likeness (QED) is 0.300. The van der Waals surface area contributed by atoms with Crippen LogP contribution in [-0.2, 0) is 9.47 Å². The van der Waals surface area contributed by atoms with Crippen LogP contribution >= 0.6 is 11.6 Å². The molecule has 0 saturated heterocycles. The maximum absolute atomic E-state index is 13.1. The second-order valence-corrected chi connectivity index (χ2v) is 8.81. The van der Waals surface area contributed by atoms with E-state index in [1.807, 2.05) is 31.2 Å². The second kappa shape index (κ2) is 10.5. The first-order chi connectivity index (χ1) is 16.4. The van der Waals surface area contributed by atoms with Gasteiger partial charge in [-0.15, -0.1) is 0 Å². The van der Waals surface area contributed by atoms with Crippen LogP contribution in [0, 0.1) is 6.92 Å². The molecule has 2 heterocycles. The summed E-state index contributed by atoms with van der Waals surface area (Å²) in [6.07, 6.45) is 5.25. The molecule has 0 spiro atoms. The average Bonchev–Trinajstić information content (AvgIpc) is 3.19. The molecule has 1 fully saturated rings. The van der Waals surface area contributed by atoms with E-state index in [0.717, 1.165) is 42.1 Å². The van der Waals surface area contributed by atoms with Crippen LogP contribution in [0.2, 0.25) is 5.15 Å². The number of anilines is 1. The summed E-state index contributed by atoms with van der Waals surface area (Å²) in [4.78, 5) is 30.7. The number of nitrogens with zero attached hydrogens (tertiary/aromatic N) is 1. The molecule has 1 aromatic carbocycles. The van der Waals surface area contributed by atoms with Gasteiger partial charge < -0.3 is 19.2 Å². The lowest BCUT2D eigenvalue weighted by molar-refractivity contribution is 0.0481. The summed E-state index contributed by atoms with van der Waals surface area (Å²) in [6.45, 7) is 5.69. The minimum absolute atomic E-state index is 0.00527. The number of benzene rings is 1. The lowest BCUT2D eigenvalue weighted by Crippen LogP contribution is -2.23. The molecule has 1 aliphatic rings. The van der Waals surface area contributed by atoms with E-state index in [1.54, 1.807) is 13.8 Å². The van der Waals surface area contributed by atoms with Crippen molar-refractivity contribution in [3.63, 3.8) is 0 Å². The Bertz CT molecular complexity index is 1210. The van der Waals surface area contributed by atoms with E-state index in [9.17, 15) is 9.59 Å². The molecule has 180 valence electrons. The normalized spacial score (nSPS) is 14.2. The highest BCUT2D eigenvalue weighted by atomic mass is 35.5. The standard InChI is InChI=1S/C26H29ClN2O5/c1-4-32-25(30)20-21(26(31)33-5-2)24(28-17-9-7-6-8-10-17)34-22(20)18-14-16-13-15(3)11-12-19(16)29-23(18)27/h11-14,17,28H,4-10H2,1-3H3. The zero-order valence-corrected chi connectivity index (χ0v) is 20.5. The molecule has 7 nitrogen and oxygen atoms in total. The summed E-state index contributed by atoms with van der Waals surface area (Å²) in [5.41, 5.74) is 2.20. The molecule has 1 saturated carbocycles. The van der Waals surface area contributed by atoms with E-state index in [4.69, 9.17) is 25.5 Å². The third-order valence-corrected chi connectivity index (χ3v) is 6.26. The Morgan fingerprint density at radius 3 is 2.41 bits per heavy atom. The number of ether oxygens (including phenoxy) is 2. The van der Waals surface area contributed by atoms with E-state index in [0.29, 0.717) is 5.56 Å². The monoisotopic (exact) mass is 484 g/mol. The van der Waals surface area contributed by atoms with Crippen LogP contribution in [0.25, 0.3) is 22.2 Å². The highest BCUT2D eigenvalue weighted by molar-refractivity contribution is 6.33. The molecule has 34 heavy (non-hydrogen) atoms. The molecule has 0 bridgehead atoms. The topological polar surface area (TPSA) is 90.7 Å². The molecule has 0 atom stereocenters. The predicted octanol–water partition coefficient (Wildman–Crippen LogP) is 6.55. The van der Waals surface area contributed by atoms with Crippen molar-refractivity contribution in [2.45, 2.75) is 58.9 Å². The lowest BCUT2D eigenvalue weighted by atomic mass is 9.95. The highest BCUT2D eigenvalue weighted by Crippen LogP contribution is 2.40. The van der Waals surface area contributed by atoms with Gasteiger partial charge in [-0.3, -0.25) is 0 Å². The number of fused-ring (bicyclic) bond motifs is 1. The van der Waals surface area contributed by atoms with Gasteiger partial charge in [0.15, 0.2) is 5.76 Å². The van der Waals surface area contributed by atoms with E-state index in [1.165, 1.54) is 6.42 Å². The number of rotatable bonds is 7. The Balaban J connectivity index is 1.92. The van der Waals surface area contributed by atoms with Crippen molar-refractivity contribution in [2.75, 3.05) is 18.5 Å². The summed E-state index contributed by atoms with van der Waals surface area (Å²) in [5.74, 6) is -0.995. The minimum Gasteiger partial charge on any atom is -0.462 e. The number of aryl methyl sites for hydroxylation is 1. The Morgan fingerprint density at radius 2 is 1.74 bits per heavy atom. The average molecular weight is 485 g/mol. The van der Waals surface area contributed by atoms with Crippen molar-refractivity contribution in [2.24, 2.45) is 0 Å². The number of halogens is 1. The van der Waals surface area contributed by atoms with Crippen molar-refractivity contribution in [1.29, 1.82) is 0 Å². The SMILES string of the molecule is CCOC(=O)c1c(NC2CCCCC2)oc(-c2cc3cc(C)ccc3nc2Cl)c1C(=O)OCC. The molecule has 0 unspecified atom stereocenters. The third-order valence-electron chi connectivity index (χ3n) is 5.98. The van der Waals surface area contributed by atoms with Crippen molar-refractivity contribution in [3.8, 4) is 11.3 Å². The Labute approximate surface area is 203 Å². The maximum atomic E-state index is 13.1. The van der Waals surface area contributed by atoms with Gasteiger partial charge >= 0.3 is 11.9 Å². The second-order valence-electron chi connectivity index (χ2n) is 8.45. The molecule has 0 amide bonds. The van der Waals surface area contributed by atoms with Crippen molar-refractivity contribution in [1.82, 2.24) is 4.98 Å². The van der Waals surface area contributed by atoms with Gasteiger partial charge in [-0.1, -0.05) is 42.5 Å². The molecular weight excluding hydrogens is 456 g/mol. The molecular formula is C26H29ClN2O5. The Hall–Kier alpha value is -3.06. The molecule has 8 heteroatoms. The fraction of sp³-hybridized carbons (Fsp3) is 0.423. The zero-order chi connectivity index (χ0) is 24.2. The summed E-state index contributed by atoms with van der Waals surface area (Å²) >= 11 is 6.57.